The summed E-state index contributed by atoms with van der Waals surface area (Å²) >= 11 is 0. The van der Waals surface area contributed by atoms with Crippen LogP contribution >= 0.6 is 0 Å². The Bertz CT molecular complexity index is 539. The number of methoxy groups -OCH3 is 1. The van der Waals surface area contributed by atoms with Crippen LogP contribution in [0.1, 0.15) is 12.7 Å². The first-order valence-corrected chi connectivity index (χ1v) is 6.93. The summed E-state index contributed by atoms with van der Waals surface area (Å²) in [4.78, 5) is 0. The molecule has 2 rings (SSSR count). The number of aliphatic hydroxyl groups is 1. The largest absolute Gasteiger partial charge is 0.493 e. The molecule has 1 aromatic heterocycles. The van der Waals surface area contributed by atoms with E-state index in [0.29, 0.717) is 11.5 Å². The lowest BCUT2D eigenvalue weighted by Gasteiger charge is -2.16. The van der Waals surface area contributed by atoms with E-state index in [1.54, 1.807) is 13.4 Å². The molecule has 0 spiro atoms. The molecular formula is C16H21NO4. The van der Waals surface area contributed by atoms with Gasteiger partial charge in [0.05, 0.1) is 20.0 Å². The van der Waals surface area contributed by atoms with Crippen LogP contribution in [0.3, 0.4) is 0 Å². The van der Waals surface area contributed by atoms with Gasteiger partial charge in [-0.3, -0.25) is 0 Å². The summed E-state index contributed by atoms with van der Waals surface area (Å²) in [6, 6.07) is 9.71. The standard InChI is InChI=1S/C16H21NO4/c1-12(10-14-4-3-8-20-14)17-13-5-6-15(19-2)16(11-13)21-9-7-18/h3-6,8,11-12,17-18H,7,9-10H2,1-2H3. The van der Waals surface area contributed by atoms with Gasteiger partial charge in [-0.05, 0) is 31.2 Å². The molecule has 21 heavy (non-hydrogen) atoms. The summed E-state index contributed by atoms with van der Waals surface area (Å²) in [6.45, 7) is 2.29. The van der Waals surface area contributed by atoms with Crippen LogP contribution in [0.4, 0.5) is 5.69 Å². The Hall–Kier alpha value is -2.14. The molecule has 1 unspecified atom stereocenters. The van der Waals surface area contributed by atoms with Gasteiger partial charge in [-0.1, -0.05) is 0 Å². The number of hydrogen-bond acceptors (Lipinski definition) is 5. The molecule has 0 saturated heterocycles. The molecule has 1 aromatic carbocycles. The van der Waals surface area contributed by atoms with Gasteiger partial charge in [0.25, 0.3) is 0 Å². The molecule has 2 aromatic rings. The normalized spacial score (nSPS) is 12.0. The molecular weight excluding hydrogens is 270 g/mol. The second-order valence-corrected chi connectivity index (χ2v) is 4.77. The van der Waals surface area contributed by atoms with E-state index in [9.17, 15) is 0 Å². The Kier molecular flexibility index (Phi) is 5.51. The number of benzene rings is 1. The smallest absolute Gasteiger partial charge is 0.163 e. The van der Waals surface area contributed by atoms with Crippen LogP contribution in [-0.2, 0) is 6.42 Å². The van der Waals surface area contributed by atoms with Crippen molar-refractivity contribution in [3.63, 3.8) is 0 Å². The van der Waals surface area contributed by atoms with Crippen LogP contribution in [0.5, 0.6) is 11.5 Å². The first-order valence-electron chi connectivity index (χ1n) is 6.93. The Morgan fingerprint density at radius 1 is 1.29 bits per heavy atom. The quantitative estimate of drug-likeness (QED) is 0.783. The van der Waals surface area contributed by atoms with Gasteiger partial charge in [0.2, 0.25) is 0 Å². The topological polar surface area (TPSA) is 63.9 Å². The zero-order valence-corrected chi connectivity index (χ0v) is 12.3. The molecule has 114 valence electrons. The van der Waals surface area contributed by atoms with Crippen LogP contribution in [0, 0.1) is 0 Å². The van der Waals surface area contributed by atoms with Gasteiger partial charge >= 0.3 is 0 Å². The Morgan fingerprint density at radius 2 is 2.14 bits per heavy atom. The van der Waals surface area contributed by atoms with Gasteiger partial charge < -0.3 is 24.3 Å². The number of nitrogens with one attached hydrogen (secondary N) is 1. The average Bonchev–Trinajstić information content (AvgIpc) is 2.98. The summed E-state index contributed by atoms with van der Waals surface area (Å²) in [6.07, 6.45) is 2.47. The first kappa shape index (κ1) is 15.3. The van der Waals surface area contributed by atoms with Crippen molar-refractivity contribution in [2.75, 3.05) is 25.6 Å². The molecule has 0 radical (unpaired) electrons. The van der Waals surface area contributed by atoms with Gasteiger partial charge in [-0.25, -0.2) is 0 Å². The summed E-state index contributed by atoms with van der Waals surface area (Å²) < 4.78 is 16.1. The minimum absolute atomic E-state index is 0.0320. The van der Waals surface area contributed by atoms with Gasteiger partial charge in [-0.2, -0.15) is 0 Å². The molecule has 5 nitrogen and oxygen atoms in total. The SMILES string of the molecule is COc1ccc(NC(C)Cc2ccco2)cc1OCCO. The van der Waals surface area contributed by atoms with Crippen molar-refractivity contribution < 1.29 is 19.0 Å². The molecule has 0 aliphatic carbocycles. The second kappa shape index (κ2) is 7.59. The number of rotatable bonds is 8. The van der Waals surface area contributed by atoms with Crippen molar-refractivity contribution in [1.82, 2.24) is 0 Å². The van der Waals surface area contributed by atoms with E-state index in [2.05, 4.69) is 12.2 Å². The van der Waals surface area contributed by atoms with Crippen molar-refractivity contribution >= 4 is 5.69 Å². The Labute approximate surface area is 124 Å². The van der Waals surface area contributed by atoms with E-state index < -0.39 is 0 Å². The molecule has 0 fully saturated rings. The lowest BCUT2D eigenvalue weighted by Crippen LogP contribution is -2.17. The van der Waals surface area contributed by atoms with Crippen molar-refractivity contribution in [2.45, 2.75) is 19.4 Å². The Balaban J connectivity index is 2.01. The Morgan fingerprint density at radius 3 is 2.81 bits per heavy atom. The fourth-order valence-corrected chi connectivity index (χ4v) is 2.10. The van der Waals surface area contributed by atoms with Crippen LogP contribution < -0.4 is 14.8 Å². The molecule has 0 amide bonds. The van der Waals surface area contributed by atoms with Gasteiger partial charge in [0, 0.05) is 24.2 Å². The van der Waals surface area contributed by atoms with Crippen LogP contribution in [0.15, 0.2) is 41.0 Å². The zero-order chi connectivity index (χ0) is 15.1. The number of ether oxygens (including phenoxy) is 2. The molecule has 1 atom stereocenters. The summed E-state index contributed by atoms with van der Waals surface area (Å²) in [5, 5.41) is 12.2. The minimum Gasteiger partial charge on any atom is -0.493 e. The van der Waals surface area contributed by atoms with Gasteiger partial charge in [-0.15, -0.1) is 0 Å². The predicted octanol–water partition coefficient (Wildman–Crippen LogP) is 2.70. The van der Waals surface area contributed by atoms with E-state index in [1.165, 1.54) is 0 Å². The number of anilines is 1. The van der Waals surface area contributed by atoms with Crippen molar-refractivity contribution in [2.24, 2.45) is 0 Å². The highest BCUT2D eigenvalue weighted by atomic mass is 16.5. The molecule has 2 N–H and O–H groups in total. The summed E-state index contributed by atoms with van der Waals surface area (Å²) in [5.74, 6) is 2.20. The molecule has 5 heteroatoms. The molecule has 1 heterocycles. The molecule has 0 aliphatic rings. The van der Waals surface area contributed by atoms with Crippen LogP contribution in [0.25, 0.3) is 0 Å². The minimum atomic E-state index is -0.0320. The van der Waals surface area contributed by atoms with Gasteiger partial charge in [0.1, 0.15) is 12.4 Å². The zero-order valence-electron chi connectivity index (χ0n) is 12.3. The monoisotopic (exact) mass is 291 g/mol. The molecule has 0 saturated carbocycles. The lowest BCUT2D eigenvalue weighted by molar-refractivity contribution is 0.196. The predicted molar refractivity (Wildman–Crippen MR) is 81.1 cm³/mol. The highest BCUT2D eigenvalue weighted by molar-refractivity contribution is 5.55. The maximum atomic E-state index is 8.86. The number of hydrogen-bond donors (Lipinski definition) is 2. The summed E-state index contributed by atoms with van der Waals surface area (Å²) in [5.41, 5.74) is 0.933. The molecule has 0 bridgehead atoms. The fourth-order valence-electron chi connectivity index (χ4n) is 2.10. The summed E-state index contributed by atoms with van der Waals surface area (Å²) in [7, 11) is 1.59. The van der Waals surface area contributed by atoms with Crippen molar-refractivity contribution in [1.29, 1.82) is 0 Å². The van der Waals surface area contributed by atoms with E-state index in [-0.39, 0.29) is 19.3 Å². The van der Waals surface area contributed by atoms with E-state index in [4.69, 9.17) is 19.0 Å². The lowest BCUT2D eigenvalue weighted by atomic mass is 10.2. The maximum absolute atomic E-state index is 8.86. The first-order chi connectivity index (χ1) is 10.2. The highest BCUT2D eigenvalue weighted by Gasteiger charge is 2.09. The van der Waals surface area contributed by atoms with Gasteiger partial charge in [0.15, 0.2) is 11.5 Å². The average molecular weight is 291 g/mol. The second-order valence-electron chi connectivity index (χ2n) is 4.77. The van der Waals surface area contributed by atoms with E-state index in [1.807, 2.05) is 30.3 Å². The highest BCUT2D eigenvalue weighted by Crippen LogP contribution is 2.30. The van der Waals surface area contributed by atoms with E-state index >= 15 is 0 Å². The maximum Gasteiger partial charge on any atom is 0.163 e. The fraction of sp³-hybridized carbons (Fsp3) is 0.375. The van der Waals surface area contributed by atoms with E-state index in [0.717, 1.165) is 17.9 Å². The third-order valence-corrected chi connectivity index (χ3v) is 3.01. The number of aliphatic hydroxyl groups excluding tert-OH is 1. The van der Waals surface area contributed by atoms with Crippen molar-refractivity contribution in [3.8, 4) is 11.5 Å². The third-order valence-electron chi connectivity index (χ3n) is 3.01. The third kappa shape index (κ3) is 4.43. The van der Waals surface area contributed by atoms with Crippen LogP contribution in [-0.4, -0.2) is 31.5 Å². The van der Waals surface area contributed by atoms with Crippen LogP contribution in [0.2, 0.25) is 0 Å². The molecule has 0 aliphatic heterocycles. The van der Waals surface area contributed by atoms with Crippen molar-refractivity contribution in [3.05, 3.63) is 42.4 Å². The number of furan rings is 1.